The Morgan fingerprint density at radius 3 is 1.81 bits per heavy atom. The van der Waals surface area contributed by atoms with Crippen molar-refractivity contribution in [2.45, 2.75) is 12.8 Å². The van der Waals surface area contributed by atoms with Crippen molar-refractivity contribution >= 4 is 65.7 Å². The van der Waals surface area contributed by atoms with Crippen LogP contribution in [0.3, 0.4) is 0 Å². The lowest BCUT2D eigenvalue weighted by Crippen LogP contribution is -1.96. The van der Waals surface area contributed by atoms with Crippen molar-refractivity contribution < 1.29 is 0 Å². The molecule has 0 N–H and O–H groups in total. The summed E-state index contributed by atoms with van der Waals surface area (Å²) in [5.74, 6) is 0. The molecule has 0 aliphatic heterocycles. The molecule has 0 atom stereocenters. The highest BCUT2D eigenvalue weighted by atomic mass is 14.9. The molecular formula is C42H27N. The third kappa shape index (κ3) is 3.06. The summed E-state index contributed by atoms with van der Waals surface area (Å²) in [5, 5.41) is 10.5. The number of allylic oxidation sites excluding steroid dienone is 1. The van der Waals surface area contributed by atoms with Crippen LogP contribution in [-0.2, 0) is 6.42 Å². The van der Waals surface area contributed by atoms with Crippen LogP contribution in [0.4, 0.5) is 0 Å². The Balaban J connectivity index is 1.38. The molecular weight excluding hydrogens is 518 g/mol. The maximum Gasteiger partial charge on any atom is 0.0626 e. The molecule has 0 saturated heterocycles. The number of fused-ring (bicyclic) bond motifs is 9. The van der Waals surface area contributed by atoms with Crippen molar-refractivity contribution in [1.82, 2.24) is 4.40 Å². The first-order valence-electron chi connectivity index (χ1n) is 15.3. The van der Waals surface area contributed by atoms with Gasteiger partial charge < -0.3 is 4.40 Å². The molecule has 2 aromatic heterocycles. The second-order valence-electron chi connectivity index (χ2n) is 11.9. The standard InChI is InChI=1S/C42H27N/c1-2-12-27-25-28(22-21-26(27)11-1)39-30-14-3-5-16-32(30)40(33-17-6-4-15-31(33)39)36-24-23-34-29-13-7-9-19-37(29)43-38-20-10-8-18-35(38)41(36)42(34)43/h1,3-11,13-25H,2,12H2. The summed E-state index contributed by atoms with van der Waals surface area (Å²) in [5.41, 5.74) is 11.9. The molecule has 200 valence electrons. The fourth-order valence-corrected chi connectivity index (χ4v) is 7.99. The SMILES string of the molecule is C1=Cc2ccc(-c3c4ccccc4c(-c4ccc5c6ccccc6n6c7ccccc7c4c56)c4ccccc34)cc2CC1. The van der Waals surface area contributed by atoms with Crippen LogP contribution in [0.1, 0.15) is 17.5 Å². The van der Waals surface area contributed by atoms with E-state index in [4.69, 9.17) is 0 Å². The molecule has 10 rings (SSSR count). The van der Waals surface area contributed by atoms with Gasteiger partial charge in [-0.05, 0) is 79.9 Å². The Morgan fingerprint density at radius 1 is 0.488 bits per heavy atom. The third-order valence-electron chi connectivity index (χ3n) is 9.76. The van der Waals surface area contributed by atoms with Crippen LogP contribution < -0.4 is 0 Å². The molecule has 0 amide bonds. The van der Waals surface area contributed by atoms with E-state index in [1.165, 1.54) is 93.0 Å². The minimum atomic E-state index is 1.10. The minimum Gasteiger partial charge on any atom is -0.308 e. The van der Waals surface area contributed by atoms with E-state index in [1.807, 2.05) is 0 Å². The summed E-state index contributed by atoms with van der Waals surface area (Å²) in [6.07, 6.45) is 6.78. The van der Waals surface area contributed by atoms with E-state index in [1.54, 1.807) is 0 Å². The maximum atomic E-state index is 2.49. The predicted octanol–water partition coefficient (Wildman–Crippen LogP) is 11.4. The Hall–Kier alpha value is -5.40. The van der Waals surface area contributed by atoms with Crippen LogP contribution in [0.2, 0.25) is 0 Å². The summed E-state index contributed by atoms with van der Waals surface area (Å²) in [6.45, 7) is 0. The van der Waals surface area contributed by atoms with Crippen LogP contribution >= 0.6 is 0 Å². The molecule has 0 radical (unpaired) electrons. The van der Waals surface area contributed by atoms with Gasteiger partial charge in [0.25, 0.3) is 0 Å². The molecule has 0 bridgehead atoms. The van der Waals surface area contributed by atoms with Gasteiger partial charge in [-0.3, -0.25) is 0 Å². The van der Waals surface area contributed by atoms with E-state index in [0.29, 0.717) is 0 Å². The van der Waals surface area contributed by atoms with Crippen molar-refractivity contribution in [3.05, 3.63) is 145 Å². The van der Waals surface area contributed by atoms with Gasteiger partial charge in [-0.15, -0.1) is 0 Å². The molecule has 1 aliphatic carbocycles. The highest BCUT2D eigenvalue weighted by Gasteiger charge is 2.23. The number of hydrogen-bond acceptors (Lipinski definition) is 0. The van der Waals surface area contributed by atoms with E-state index >= 15 is 0 Å². The van der Waals surface area contributed by atoms with E-state index < -0.39 is 0 Å². The zero-order valence-electron chi connectivity index (χ0n) is 23.6. The highest BCUT2D eigenvalue weighted by Crippen LogP contribution is 2.49. The van der Waals surface area contributed by atoms with Crippen molar-refractivity contribution in [2.24, 2.45) is 0 Å². The molecule has 43 heavy (non-hydrogen) atoms. The molecule has 1 aliphatic rings. The van der Waals surface area contributed by atoms with Crippen molar-refractivity contribution in [1.29, 1.82) is 0 Å². The van der Waals surface area contributed by atoms with Gasteiger partial charge in [0.15, 0.2) is 0 Å². The second kappa shape index (κ2) is 8.56. The minimum absolute atomic E-state index is 1.10. The molecule has 1 heteroatoms. The van der Waals surface area contributed by atoms with Crippen LogP contribution in [0.15, 0.2) is 133 Å². The fourth-order valence-electron chi connectivity index (χ4n) is 7.99. The van der Waals surface area contributed by atoms with Gasteiger partial charge in [0, 0.05) is 21.5 Å². The predicted molar refractivity (Wildman–Crippen MR) is 184 cm³/mol. The van der Waals surface area contributed by atoms with Crippen LogP contribution in [0.25, 0.3) is 88.0 Å². The van der Waals surface area contributed by atoms with Gasteiger partial charge in [0.05, 0.1) is 16.6 Å². The van der Waals surface area contributed by atoms with E-state index in [2.05, 4.69) is 144 Å². The number of aromatic nitrogens is 1. The van der Waals surface area contributed by atoms with Gasteiger partial charge in [0.2, 0.25) is 0 Å². The maximum absolute atomic E-state index is 2.49. The molecule has 0 unspecified atom stereocenters. The van der Waals surface area contributed by atoms with Gasteiger partial charge in [-0.25, -0.2) is 0 Å². The zero-order valence-corrected chi connectivity index (χ0v) is 23.6. The van der Waals surface area contributed by atoms with E-state index in [9.17, 15) is 0 Å². The molecule has 2 heterocycles. The summed E-state index contributed by atoms with van der Waals surface area (Å²) in [7, 11) is 0. The first kappa shape index (κ1) is 23.2. The van der Waals surface area contributed by atoms with E-state index in [0.717, 1.165) is 12.8 Å². The van der Waals surface area contributed by atoms with Gasteiger partial charge in [-0.2, -0.15) is 0 Å². The van der Waals surface area contributed by atoms with Crippen molar-refractivity contribution in [2.75, 3.05) is 0 Å². The smallest absolute Gasteiger partial charge is 0.0626 e. The number of benzene rings is 7. The Morgan fingerprint density at radius 2 is 1.09 bits per heavy atom. The summed E-state index contributed by atoms with van der Waals surface area (Å²) in [6, 6.07) is 47.7. The monoisotopic (exact) mass is 545 g/mol. The average molecular weight is 546 g/mol. The van der Waals surface area contributed by atoms with Crippen LogP contribution in [-0.4, -0.2) is 4.40 Å². The van der Waals surface area contributed by atoms with Crippen LogP contribution in [0, 0.1) is 0 Å². The number of hydrogen-bond donors (Lipinski definition) is 0. The number of rotatable bonds is 2. The lowest BCUT2D eigenvalue weighted by molar-refractivity contribution is 0.986. The second-order valence-corrected chi connectivity index (χ2v) is 11.9. The Kier molecular flexibility index (Phi) is 4.62. The normalized spacial score (nSPS) is 13.3. The first-order chi connectivity index (χ1) is 21.4. The Labute approximate surface area is 249 Å². The van der Waals surface area contributed by atoms with Crippen molar-refractivity contribution in [3.63, 3.8) is 0 Å². The summed E-state index contributed by atoms with van der Waals surface area (Å²) in [4.78, 5) is 0. The molecule has 0 fully saturated rings. The van der Waals surface area contributed by atoms with Crippen LogP contribution in [0.5, 0.6) is 0 Å². The Bertz CT molecular complexity index is 2560. The molecule has 1 nitrogen and oxygen atoms in total. The van der Waals surface area contributed by atoms with Gasteiger partial charge in [0.1, 0.15) is 0 Å². The average Bonchev–Trinajstić information content (AvgIpc) is 3.59. The number of para-hydroxylation sites is 2. The summed E-state index contributed by atoms with van der Waals surface area (Å²) >= 11 is 0. The number of aryl methyl sites for hydroxylation is 1. The molecule has 0 spiro atoms. The van der Waals surface area contributed by atoms with Crippen molar-refractivity contribution in [3.8, 4) is 22.3 Å². The molecule has 9 aromatic rings. The summed E-state index contributed by atoms with van der Waals surface area (Å²) < 4.78 is 2.49. The highest BCUT2D eigenvalue weighted by molar-refractivity contribution is 6.31. The molecule has 0 saturated carbocycles. The van der Waals surface area contributed by atoms with Gasteiger partial charge >= 0.3 is 0 Å². The van der Waals surface area contributed by atoms with Gasteiger partial charge in [-0.1, -0.05) is 127 Å². The topological polar surface area (TPSA) is 4.41 Å². The van der Waals surface area contributed by atoms with E-state index in [-0.39, 0.29) is 0 Å². The fraction of sp³-hybridized carbons (Fsp3) is 0.0476. The largest absolute Gasteiger partial charge is 0.308 e. The zero-order chi connectivity index (χ0) is 28.1. The number of nitrogens with zero attached hydrogens (tertiary/aromatic N) is 1. The lowest BCUT2D eigenvalue weighted by Gasteiger charge is -2.19. The first-order valence-corrected chi connectivity index (χ1v) is 15.3. The third-order valence-corrected chi connectivity index (χ3v) is 9.76. The molecule has 7 aromatic carbocycles. The lowest BCUT2D eigenvalue weighted by atomic mass is 9.83. The quantitative estimate of drug-likeness (QED) is 0.190.